The Morgan fingerprint density at radius 1 is 1.08 bits per heavy atom. The summed E-state index contributed by atoms with van der Waals surface area (Å²) in [6.07, 6.45) is 3.36. The van der Waals surface area contributed by atoms with E-state index in [1.807, 2.05) is 0 Å². The Morgan fingerprint density at radius 2 is 1.65 bits per heavy atom. The fraction of sp³-hybridized carbons (Fsp3) is 0.632. The standard InChI is InChI=1S/C19H29N3O3S/c1-15-11-16(2)13-22(12-15)26(24,25)18-7-5-17(6-8-18)20-19(23)14-21-9-3-4-10-21/h5-8,15-16H,3-4,9-14H2,1-2H3,(H,20,23)/t15-,16-/m1/s1. The minimum absolute atomic E-state index is 0.0545. The zero-order valence-electron chi connectivity index (χ0n) is 15.6. The van der Waals surface area contributed by atoms with E-state index in [1.165, 1.54) is 0 Å². The van der Waals surface area contributed by atoms with Gasteiger partial charge in [0.15, 0.2) is 0 Å². The van der Waals surface area contributed by atoms with Crippen LogP contribution in [0.4, 0.5) is 5.69 Å². The Hall–Kier alpha value is -1.44. The van der Waals surface area contributed by atoms with Crippen LogP contribution < -0.4 is 5.32 Å². The monoisotopic (exact) mass is 379 g/mol. The molecule has 0 aliphatic carbocycles. The fourth-order valence-electron chi connectivity index (χ4n) is 4.01. The summed E-state index contributed by atoms with van der Waals surface area (Å²) in [5, 5.41) is 2.85. The molecule has 1 aromatic rings. The second kappa shape index (κ2) is 8.06. The molecule has 2 atom stereocenters. The van der Waals surface area contributed by atoms with Gasteiger partial charge < -0.3 is 5.32 Å². The first-order chi connectivity index (χ1) is 12.3. The van der Waals surface area contributed by atoms with E-state index in [2.05, 4.69) is 24.1 Å². The second-order valence-electron chi connectivity index (χ2n) is 7.82. The normalized spacial score (nSPS) is 25.3. The summed E-state index contributed by atoms with van der Waals surface area (Å²) in [6.45, 7) is 7.66. The topological polar surface area (TPSA) is 69.7 Å². The summed E-state index contributed by atoms with van der Waals surface area (Å²) in [4.78, 5) is 14.5. The van der Waals surface area contributed by atoms with Crippen LogP contribution in [0.2, 0.25) is 0 Å². The van der Waals surface area contributed by atoms with Crippen LogP contribution in [0.3, 0.4) is 0 Å². The first-order valence-corrected chi connectivity index (χ1v) is 10.9. The number of benzene rings is 1. The first kappa shape index (κ1) is 19.3. The molecule has 7 heteroatoms. The quantitative estimate of drug-likeness (QED) is 0.853. The number of anilines is 1. The largest absolute Gasteiger partial charge is 0.325 e. The zero-order chi connectivity index (χ0) is 18.7. The Bertz CT molecular complexity index is 717. The van der Waals surface area contributed by atoms with E-state index in [9.17, 15) is 13.2 Å². The number of likely N-dealkylation sites (tertiary alicyclic amines) is 1. The molecule has 2 saturated heterocycles. The predicted octanol–water partition coefficient (Wildman–Crippen LogP) is 2.39. The lowest BCUT2D eigenvalue weighted by Crippen LogP contribution is -2.42. The van der Waals surface area contributed by atoms with E-state index in [1.54, 1.807) is 28.6 Å². The van der Waals surface area contributed by atoms with Crippen molar-refractivity contribution >= 4 is 21.6 Å². The molecule has 0 radical (unpaired) electrons. The molecule has 1 amide bonds. The van der Waals surface area contributed by atoms with Crippen molar-refractivity contribution in [1.29, 1.82) is 0 Å². The number of nitrogens with zero attached hydrogens (tertiary/aromatic N) is 2. The van der Waals surface area contributed by atoms with E-state index in [4.69, 9.17) is 0 Å². The first-order valence-electron chi connectivity index (χ1n) is 9.47. The van der Waals surface area contributed by atoms with Crippen LogP contribution in [0.25, 0.3) is 0 Å². The molecule has 26 heavy (non-hydrogen) atoms. The summed E-state index contributed by atoms with van der Waals surface area (Å²) >= 11 is 0. The Morgan fingerprint density at radius 3 is 2.23 bits per heavy atom. The van der Waals surface area contributed by atoms with Gasteiger partial charge in [-0.3, -0.25) is 9.69 Å². The van der Waals surface area contributed by atoms with Crippen molar-refractivity contribution in [3.63, 3.8) is 0 Å². The smallest absolute Gasteiger partial charge is 0.243 e. The number of sulfonamides is 1. The van der Waals surface area contributed by atoms with Gasteiger partial charge in [-0.1, -0.05) is 13.8 Å². The summed E-state index contributed by atoms with van der Waals surface area (Å²) in [6, 6.07) is 6.52. The van der Waals surface area contributed by atoms with Crippen LogP contribution >= 0.6 is 0 Å². The zero-order valence-corrected chi connectivity index (χ0v) is 16.5. The number of piperidine rings is 1. The van der Waals surface area contributed by atoms with Gasteiger partial charge in [0.2, 0.25) is 15.9 Å². The van der Waals surface area contributed by atoms with Crippen LogP contribution in [0.1, 0.15) is 33.1 Å². The maximum absolute atomic E-state index is 12.9. The molecule has 0 unspecified atom stereocenters. The van der Waals surface area contributed by atoms with Gasteiger partial charge >= 0.3 is 0 Å². The van der Waals surface area contributed by atoms with Gasteiger partial charge in [-0.2, -0.15) is 4.31 Å². The van der Waals surface area contributed by atoms with Gasteiger partial charge in [0.1, 0.15) is 0 Å². The molecule has 0 saturated carbocycles. The lowest BCUT2D eigenvalue weighted by molar-refractivity contribution is -0.117. The number of hydrogen-bond donors (Lipinski definition) is 1. The van der Waals surface area contributed by atoms with E-state index in [-0.39, 0.29) is 10.8 Å². The summed E-state index contributed by atoms with van der Waals surface area (Å²) in [7, 11) is -3.48. The third kappa shape index (κ3) is 4.64. The summed E-state index contributed by atoms with van der Waals surface area (Å²) in [5.41, 5.74) is 0.633. The van der Waals surface area contributed by atoms with E-state index >= 15 is 0 Å². The van der Waals surface area contributed by atoms with Crippen LogP contribution in [-0.2, 0) is 14.8 Å². The van der Waals surface area contributed by atoms with Gasteiger partial charge in [0.05, 0.1) is 11.4 Å². The maximum atomic E-state index is 12.9. The van der Waals surface area contributed by atoms with Crippen LogP contribution in [0.15, 0.2) is 29.2 Å². The fourth-order valence-corrected chi connectivity index (χ4v) is 5.69. The SMILES string of the molecule is C[C@@H]1C[C@@H](C)CN(S(=O)(=O)c2ccc(NC(=O)CN3CCCC3)cc2)C1. The van der Waals surface area contributed by atoms with Crippen molar-refractivity contribution in [2.24, 2.45) is 11.8 Å². The van der Waals surface area contributed by atoms with Gasteiger partial charge in [-0.05, 0) is 68.5 Å². The number of rotatable bonds is 5. The highest BCUT2D eigenvalue weighted by Crippen LogP contribution is 2.27. The van der Waals surface area contributed by atoms with Crippen LogP contribution in [0.5, 0.6) is 0 Å². The summed E-state index contributed by atoms with van der Waals surface area (Å²) in [5.74, 6) is 0.691. The molecule has 0 aromatic heterocycles. The van der Waals surface area contributed by atoms with E-state index < -0.39 is 10.0 Å². The molecular formula is C19H29N3O3S. The highest BCUT2D eigenvalue weighted by Gasteiger charge is 2.31. The molecule has 2 fully saturated rings. The number of nitrogens with one attached hydrogen (secondary N) is 1. The molecule has 0 bridgehead atoms. The number of carbonyl (C=O) groups excluding carboxylic acids is 1. The molecule has 2 aliphatic rings. The van der Waals surface area contributed by atoms with Crippen molar-refractivity contribution in [3.05, 3.63) is 24.3 Å². The van der Waals surface area contributed by atoms with Crippen molar-refractivity contribution in [2.45, 2.75) is 38.0 Å². The molecule has 1 N–H and O–H groups in total. The van der Waals surface area contributed by atoms with Crippen molar-refractivity contribution in [3.8, 4) is 0 Å². The third-order valence-electron chi connectivity index (χ3n) is 5.18. The minimum Gasteiger partial charge on any atom is -0.325 e. The predicted molar refractivity (Wildman–Crippen MR) is 102 cm³/mol. The average molecular weight is 380 g/mol. The maximum Gasteiger partial charge on any atom is 0.243 e. The number of amides is 1. The molecule has 2 aliphatic heterocycles. The van der Waals surface area contributed by atoms with E-state index in [0.29, 0.717) is 37.2 Å². The highest BCUT2D eigenvalue weighted by molar-refractivity contribution is 7.89. The lowest BCUT2D eigenvalue weighted by Gasteiger charge is -2.34. The van der Waals surface area contributed by atoms with Gasteiger partial charge in [0, 0.05) is 18.8 Å². The molecule has 0 spiro atoms. The molecule has 3 rings (SSSR count). The van der Waals surface area contributed by atoms with Crippen molar-refractivity contribution in [2.75, 3.05) is 38.0 Å². The Balaban J connectivity index is 1.63. The number of carbonyl (C=O) groups is 1. The van der Waals surface area contributed by atoms with Gasteiger partial charge in [0.25, 0.3) is 0 Å². The van der Waals surface area contributed by atoms with Crippen LogP contribution in [-0.4, -0.2) is 56.3 Å². The number of hydrogen-bond acceptors (Lipinski definition) is 4. The Kier molecular flexibility index (Phi) is 5.99. The molecular weight excluding hydrogens is 350 g/mol. The summed E-state index contributed by atoms with van der Waals surface area (Å²) < 4.78 is 27.3. The molecule has 2 heterocycles. The molecule has 144 valence electrons. The molecule has 6 nitrogen and oxygen atoms in total. The second-order valence-corrected chi connectivity index (χ2v) is 9.76. The van der Waals surface area contributed by atoms with Crippen molar-refractivity contribution in [1.82, 2.24) is 9.21 Å². The third-order valence-corrected chi connectivity index (χ3v) is 7.02. The lowest BCUT2D eigenvalue weighted by atomic mass is 9.94. The highest BCUT2D eigenvalue weighted by atomic mass is 32.2. The molecule has 1 aromatic carbocycles. The van der Waals surface area contributed by atoms with Crippen molar-refractivity contribution < 1.29 is 13.2 Å². The van der Waals surface area contributed by atoms with Crippen LogP contribution in [0, 0.1) is 11.8 Å². The van der Waals surface area contributed by atoms with Gasteiger partial charge in [-0.15, -0.1) is 0 Å². The van der Waals surface area contributed by atoms with E-state index in [0.717, 1.165) is 32.4 Å². The minimum atomic E-state index is -3.48. The van der Waals surface area contributed by atoms with Gasteiger partial charge in [-0.25, -0.2) is 8.42 Å². The average Bonchev–Trinajstić information content (AvgIpc) is 3.07. The Labute approximate surface area is 156 Å².